The van der Waals surface area contributed by atoms with E-state index in [2.05, 4.69) is 19.2 Å². The third-order valence-corrected chi connectivity index (χ3v) is 4.06. The van der Waals surface area contributed by atoms with Crippen LogP contribution in [0.3, 0.4) is 0 Å². The maximum atomic E-state index is 13.3. The summed E-state index contributed by atoms with van der Waals surface area (Å²) in [6, 6.07) is 3.01. The molecular formula is C16H21F4N. The van der Waals surface area contributed by atoms with Crippen LogP contribution in [0.5, 0.6) is 0 Å². The number of hydrogen-bond donors (Lipinski definition) is 1. The number of benzene rings is 1. The zero-order valence-corrected chi connectivity index (χ0v) is 12.3. The van der Waals surface area contributed by atoms with Gasteiger partial charge in [0.15, 0.2) is 0 Å². The van der Waals surface area contributed by atoms with Crippen molar-refractivity contribution in [3.05, 3.63) is 35.1 Å². The number of rotatable bonds is 3. The highest BCUT2D eigenvalue weighted by atomic mass is 19.4. The van der Waals surface area contributed by atoms with E-state index in [0.29, 0.717) is 29.5 Å². The number of nitrogens with one attached hydrogen (secondary N) is 1. The smallest absolute Gasteiger partial charge is 0.310 e. The molecule has 2 unspecified atom stereocenters. The van der Waals surface area contributed by atoms with Crippen molar-refractivity contribution in [3.63, 3.8) is 0 Å². The molecule has 0 bridgehead atoms. The van der Waals surface area contributed by atoms with Crippen molar-refractivity contribution >= 4 is 0 Å². The molecule has 1 saturated carbocycles. The predicted molar refractivity (Wildman–Crippen MR) is 74.2 cm³/mol. The van der Waals surface area contributed by atoms with Crippen molar-refractivity contribution in [2.75, 3.05) is 0 Å². The van der Waals surface area contributed by atoms with Gasteiger partial charge in [-0.15, -0.1) is 0 Å². The fraction of sp³-hybridized carbons (Fsp3) is 0.625. The standard InChI is InChI=1S/C16H21F4N/c1-10-3-11(2)5-15(4-10)21-9-12-6-13(16(18,19)20)8-14(17)7-12/h6-8,10-11,15,21H,3-5,9H2,1-2H3. The molecule has 1 aliphatic rings. The molecule has 1 aliphatic carbocycles. The minimum Gasteiger partial charge on any atom is -0.310 e. The van der Waals surface area contributed by atoms with E-state index in [0.717, 1.165) is 25.0 Å². The molecular weight excluding hydrogens is 282 g/mol. The molecule has 118 valence electrons. The molecule has 0 spiro atoms. The summed E-state index contributed by atoms with van der Waals surface area (Å²) in [5.74, 6) is 0.390. The third kappa shape index (κ3) is 4.70. The fourth-order valence-corrected chi connectivity index (χ4v) is 3.29. The second-order valence-corrected chi connectivity index (χ2v) is 6.34. The predicted octanol–water partition coefficient (Wildman–Crippen LogP) is 4.76. The Labute approximate surface area is 122 Å². The quantitative estimate of drug-likeness (QED) is 0.794. The first-order valence-electron chi connectivity index (χ1n) is 7.34. The Bertz CT molecular complexity index is 474. The highest BCUT2D eigenvalue weighted by molar-refractivity contribution is 5.26. The second kappa shape index (κ2) is 6.34. The van der Waals surface area contributed by atoms with E-state index < -0.39 is 17.6 Å². The van der Waals surface area contributed by atoms with Crippen molar-refractivity contribution in [1.29, 1.82) is 0 Å². The first-order valence-corrected chi connectivity index (χ1v) is 7.34. The van der Waals surface area contributed by atoms with Crippen LogP contribution < -0.4 is 5.32 Å². The lowest BCUT2D eigenvalue weighted by Gasteiger charge is -2.32. The Hall–Kier alpha value is -1.10. The molecule has 1 aromatic rings. The summed E-state index contributed by atoms with van der Waals surface area (Å²) in [7, 11) is 0. The van der Waals surface area contributed by atoms with E-state index in [1.807, 2.05) is 0 Å². The van der Waals surface area contributed by atoms with Gasteiger partial charge in [0.25, 0.3) is 0 Å². The SMILES string of the molecule is CC1CC(C)CC(NCc2cc(F)cc(C(F)(F)F)c2)C1. The molecule has 1 N–H and O–H groups in total. The maximum absolute atomic E-state index is 13.3. The maximum Gasteiger partial charge on any atom is 0.416 e. The molecule has 21 heavy (non-hydrogen) atoms. The summed E-state index contributed by atoms with van der Waals surface area (Å²) in [4.78, 5) is 0. The van der Waals surface area contributed by atoms with Crippen LogP contribution in [0, 0.1) is 17.7 Å². The third-order valence-electron chi connectivity index (χ3n) is 4.06. The average molecular weight is 303 g/mol. The second-order valence-electron chi connectivity index (χ2n) is 6.34. The van der Waals surface area contributed by atoms with E-state index >= 15 is 0 Å². The molecule has 2 atom stereocenters. The van der Waals surface area contributed by atoms with Gasteiger partial charge in [-0.25, -0.2) is 4.39 Å². The van der Waals surface area contributed by atoms with Gasteiger partial charge in [-0.1, -0.05) is 13.8 Å². The van der Waals surface area contributed by atoms with Gasteiger partial charge in [-0.05, 0) is 54.9 Å². The van der Waals surface area contributed by atoms with Crippen LogP contribution in [0.25, 0.3) is 0 Å². The Kier molecular flexibility index (Phi) is 4.91. The summed E-state index contributed by atoms with van der Waals surface area (Å²) < 4.78 is 51.3. The molecule has 0 heterocycles. The van der Waals surface area contributed by atoms with Crippen molar-refractivity contribution in [1.82, 2.24) is 5.32 Å². The zero-order valence-electron chi connectivity index (χ0n) is 12.3. The minimum absolute atomic E-state index is 0.269. The van der Waals surface area contributed by atoms with Crippen molar-refractivity contribution in [2.45, 2.75) is 51.9 Å². The Morgan fingerprint density at radius 2 is 1.67 bits per heavy atom. The number of hydrogen-bond acceptors (Lipinski definition) is 1. The monoisotopic (exact) mass is 303 g/mol. The highest BCUT2D eigenvalue weighted by Crippen LogP contribution is 2.31. The Morgan fingerprint density at radius 1 is 1.05 bits per heavy atom. The summed E-state index contributed by atoms with van der Waals surface area (Å²) >= 11 is 0. The van der Waals surface area contributed by atoms with Gasteiger partial charge in [0, 0.05) is 12.6 Å². The summed E-state index contributed by atoms with van der Waals surface area (Å²) in [6.07, 6.45) is -1.28. The molecule has 0 amide bonds. The lowest BCUT2D eigenvalue weighted by atomic mass is 9.80. The van der Waals surface area contributed by atoms with Crippen LogP contribution >= 0.6 is 0 Å². The van der Waals surface area contributed by atoms with E-state index in [9.17, 15) is 17.6 Å². The molecule has 1 aromatic carbocycles. The van der Waals surface area contributed by atoms with Crippen LogP contribution in [-0.4, -0.2) is 6.04 Å². The molecule has 1 fully saturated rings. The fourth-order valence-electron chi connectivity index (χ4n) is 3.29. The van der Waals surface area contributed by atoms with Gasteiger partial charge >= 0.3 is 6.18 Å². The highest BCUT2D eigenvalue weighted by Gasteiger charge is 2.31. The van der Waals surface area contributed by atoms with Crippen molar-refractivity contribution < 1.29 is 17.6 Å². The summed E-state index contributed by atoms with van der Waals surface area (Å²) in [5.41, 5.74) is -0.585. The van der Waals surface area contributed by atoms with Crippen LogP contribution in [-0.2, 0) is 12.7 Å². The molecule has 0 radical (unpaired) electrons. The molecule has 1 nitrogen and oxygen atoms in total. The van der Waals surface area contributed by atoms with Gasteiger partial charge in [-0.2, -0.15) is 13.2 Å². The molecule has 2 rings (SSSR count). The lowest BCUT2D eigenvalue weighted by Crippen LogP contribution is -2.35. The van der Waals surface area contributed by atoms with E-state index in [-0.39, 0.29) is 6.54 Å². The lowest BCUT2D eigenvalue weighted by molar-refractivity contribution is -0.137. The summed E-state index contributed by atoms with van der Waals surface area (Å²) in [6.45, 7) is 4.65. The van der Waals surface area contributed by atoms with Crippen molar-refractivity contribution in [3.8, 4) is 0 Å². The Morgan fingerprint density at radius 3 is 2.24 bits per heavy atom. The van der Waals surface area contributed by atoms with Gasteiger partial charge in [0.05, 0.1) is 5.56 Å². The van der Waals surface area contributed by atoms with Gasteiger partial charge in [0.1, 0.15) is 5.82 Å². The zero-order chi connectivity index (χ0) is 15.6. The minimum atomic E-state index is -4.51. The van der Waals surface area contributed by atoms with E-state index in [1.54, 1.807) is 0 Å². The van der Waals surface area contributed by atoms with Crippen LogP contribution in [0.1, 0.15) is 44.2 Å². The summed E-state index contributed by atoms with van der Waals surface area (Å²) in [5, 5.41) is 3.27. The van der Waals surface area contributed by atoms with Crippen LogP contribution in [0.4, 0.5) is 17.6 Å². The topological polar surface area (TPSA) is 12.0 Å². The average Bonchev–Trinajstić information content (AvgIpc) is 2.33. The van der Waals surface area contributed by atoms with Crippen LogP contribution in [0.2, 0.25) is 0 Å². The largest absolute Gasteiger partial charge is 0.416 e. The van der Waals surface area contributed by atoms with Gasteiger partial charge in [-0.3, -0.25) is 0 Å². The molecule has 5 heteroatoms. The van der Waals surface area contributed by atoms with Gasteiger partial charge < -0.3 is 5.32 Å². The normalized spacial score (nSPS) is 26.9. The molecule has 0 aromatic heterocycles. The molecule has 0 saturated heterocycles. The number of halogens is 4. The van der Waals surface area contributed by atoms with Crippen LogP contribution in [0.15, 0.2) is 18.2 Å². The number of alkyl halides is 3. The van der Waals surface area contributed by atoms with E-state index in [1.165, 1.54) is 6.42 Å². The van der Waals surface area contributed by atoms with E-state index in [4.69, 9.17) is 0 Å². The molecule has 0 aliphatic heterocycles. The first kappa shape index (κ1) is 16.3. The van der Waals surface area contributed by atoms with Crippen molar-refractivity contribution in [2.24, 2.45) is 11.8 Å². The van der Waals surface area contributed by atoms with Gasteiger partial charge in [0.2, 0.25) is 0 Å². The Balaban J connectivity index is 2.01. The first-order chi connectivity index (χ1) is 9.74.